The second-order valence-corrected chi connectivity index (χ2v) is 9.01. The summed E-state index contributed by atoms with van der Waals surface area (Å²) in [6, 6.07) is 12.0. The van der Waals surface area contributed by atoms with Crippen LogP contribution in [0.2, 0.25) is 0 Å². The van der Waals surface area contributed by atoms with Gasteiger partial charge in [0.15, 0.2) is 13.1 Å². The lowest BCUT2D eigenvalue weighted by Gasteiger charge is -2.19. The van der Waals surface area contributed by atoms with E-state index in [2.05, 4.69) is 43.5 Å². The van der Waals surface area contributed by atoms with E-state index in [-0.39, 0.29) is 30.3 Å². The Kier molecular flexibility index (Phi) is 7.20. The van der Waals surface area contributed by atoms with Crippen molar-refractivity contribution in [2.24, 2.45) is 0 Å². The Morgan fingerprint density at radius 3 is 1.83 bits per heavy atom. The first kappa shape index (κ1) is 22.6. The Bertz CT molecular complexity index is 857. The number of benzene rings is 2. The zero-order valence-electron chi connectivity index (χ0n) is 18.7. The smallest absolute Gasteiger partial charge is 0.279 e. The summed E-state index contributed by atoms with van der Waals surface area (Å²) in [7, 11) is 1.84. The second kappa shape index (κ2) is 9.23. The van der Waals surface area contributed by atoms with E-state index in [1.165, 1.54) is 11.1 Å². The number of aryl methyl sites for hydroxylation is 3. The van der Waals surface area contributed by atoms with Gasteiger partial charge >= 0.3 is 0 Å². The number of likely N-dealkylation sites (N-methyl/N-ethyl adjacent to an activating group) is 1. The van der Waals surface area contributed by atoms with E-state index in [1.807, 2.05) is 52.1 Å². The minimum Gasteiger partial charge on any atom is -0.322 e. The van der Waals surface area contributed by atoms with Crippen molar-refractivity contribution in [1.82, 2.24) is 0 Å². The molecular weight excluding hydrogens is 362 g/mol. The summed E-state index contributed by atoms with van der Waals surface area (Å²) in [5, 5.41) is 5.90. The zero-order chi connectivity index (χ0) is 21.8. The Labute approximate surface area is 174 Å². The minimum absolute atomic E-state index is 0.0778. The van der Waals surface area contributed by atoms with Crippen LogP contribution in [-0.4, -0.2) is 32.0 Å². The lowest BCUT2D eigenvalue weighted by molar-refractivity contribution is -0.862. The van der Waals surface area contributed by atoms with Crippen LogP contribution in [0.1, 0.15) is 43.0 Å². The van der Waals surface area contributed by atoms with Crippen LogP contribution >= 0.6 is 0 Å². The number of carbonyl (C=O) groups excluding carboxylic acids is 2. The zero-order valence-corrected chi connectivity index (χ0v) is 18.7. The van der Waals surface area contributed by atoms with Gasteiger partial charge in [-0.1, -0.05) is 50.6 Å². The highest BCUT2D eigenvalue weighted by Crippen LogP contribution is 2.23. The van der Waals surface area contributed by atoms with Crippen LogP contribution < -0.4 is 15.5 Å². The van der Waals surface area contributed by atoms with Crippen molar-refractivity contribution in [1.29, 1.82) is 0 Å². The van der Waals surface area contributed by atoms with Gasteiger partial charge in [0.25, 0.3) is 11.8 Å². The molecule has 2 amide bonds. The highest BCUT2D eigenvalue weighted by Gasteiger charge is 2.17. The number of rotatable bonds is 6. The molecule has 0 saturated heterocycles. The maximum absolute atomic E-state index is 12.4. The molecule has 1 unspecified atom stereocenters. The van der Waals surface area contributed by atoms with Gasteiger partial charge in [-0.15, -0.1) is 0 Å². The Morgan fingerprint density at radius 1 is 0.862 bits per heavy atom. The van der Waals surface area contributed by atoms with Crippen molar-refractivity contribution in [3.8, 4) is 0 Å². The Hall–Kier alpha value is -2.66. The normalized spacial score (nSPS) is 12.4. The number of quaternary nitrogens is 1. The third-order valence-electron chi connectivity index (χ3n) is 4.90. The highest BCUT2D eigenvalue weighted by atomic mass is 16.2. The maximum Gasteiger partial charge on any atom is 0.279 e. The largest absolute Gasteiger partial charge is 0.322 e. The molecule has 29 heavy (non-hydrogen) atoms. The molecule has 3 N–H and O–H groups in total. The van der Waals surface area contributed by atoms with Crippen LogP contribution in [0.4, 0.5) is 11.4 Å². The minimum atomic E-state index is -0.110. The van der Waals surface area contributed by atoms with Gasteiger partial charge in [-0.3, -0.25) is 9.59 Å². The van der Waals surface area contributed by atoms with Crippen LogP contribution in [0.5, 0.6) is 0 Å². The highest BCUT2D eigenvalue weighted by molar-refractivity contribution is 5.94. The molecule has 5 nitrogen and oxygen atoms in total. The monoisotopic (exact) mass is 396 g/mol. The van der Waals surface area contributed by atoms with Gasteiger partial charge in [0.2, 0.25) is 0 Å². The summed E-state index contributed by atoms with van der Waals surface area (Å²) in [5.41, 5.74) is 6.19. The van der Waals surface area contributed by atoms with Crippen LogP contribution in [0.25, 0.3) is 0 Å². The molecule has 0 aliphatic heterocycles. The predicted octanol–water partition coefficient (Wildman–Crippen LogP) is 3.00. The molecule has 0 heterocycles. The fourth-order valence-corrected chi connectivity index (χ4v) is 3.43. The van der Waals surface area contributed by atoms with Crippen molar-refractivity contribution in [3.63, 3.8) is 0 Å². The van der Waals surface area contributed by atoms with E-state index >= 15 is 0 Å². The third-order valence-corrected chi connectivity index (χ3v) is 4.90. The van der Waals surface area contributed by atoms with Gasteiger partial charge in [0.1, 0.15) is 0 Å². The first-order valence-electron chi connectivity index (χ1n) is 10.0. The average molecular weight is 397 g/mol. The summed E-state index contributed by atoms with van der Waals surface area (Å²) >= 11 is 0. The molecule has 0 aliphatic carbocycles. The fraction of sp³-hybridized carbons (Fsp3) is 0.417. The van der Waals surface area contributed by atoms with Crippen LogP contribution in [0, 0.1) is 20.8 Å². The topological polar surface area (TPSA) is 62.6 Å². The molecule has 2 aromatic rings. The number of carbonyl (C=O) groups is 2. The lowest BCUT2D eigenvalue weighted by Crippen LogP contribution is -3.11. The van der Waals surface area contributed by atoms with E-state index < -0.39 is 0 Å². The van der Waals surface area contributed by atoms with Crippen LogP contribution in [-0.2, 0) is 15.0 Å². The summed E-state index contributed by atoms with van der Waals surface area (Å²) in [6.45, 7) is 12.9. The van der Waals surface area contributed by atoms with E-state index in [4.69, 9.17) is 0 Å². The molecule has 0 aromatic heterocycles. The van der Waals surface area contributed by atoms with Crippen LogP contribution in [0.3, 0.4) is 0 Å². The molecule has 0 saturated carbocycles. The molecule has 1 atom stereocenters. The summed E-state index contributed by atoms with van der Waals surface area (Å²) in [6.07, 6.45) is 0. The summed E-state index contributed by atoms with van der Waals surface area (Å²) in [5.74, 6) is -0.207. The molecule has 0 aliphatic rings. The van der Waals surface area contributed by atoms with Crippen LogP contribution in [0.15, 0.2) is 36.4 Å². The first-order chi connectivity index (χ1) is 13.5. The van der Waals surface area contributed by atoms with Crippen molar-refractivity contribution >= 4 is 23.2 Å². The van der Waals surface area contributed by atoms with Gasteiger partial charge in [0.05, 0.1) is 7.05 Å². The molecule has 0 spiro atoms. The van der Waals surface area contributed by atoms with E-state index in [9.17, 15) is 9.59 Å². The van der Waals surface area contributed by atoms with Gasteiger partial charge in [-0.2, -0.15) is 0 Å². The second-order valence-electron chi connectivity index (χ2n) is 9.01. The molecule has 156 valence electrons. The summed E-state index contributed by atoms with van der Waals surface area (Å²) < 4.78 is 0. The molecular formula is C24H34N3O2+. The molecule has 5 heteroatoms. The molecule has 2 aromatic carbocycles. The Balaban J connectivity index is 1.87. The number of anilines is 2. The quantitative estimate of drug-likeness (QED) is 0.703. The van der Waals surface area contributed by atoms with Gasteiger partial charge in [-0.25, -0.2) is 0 Å². The number of amides is 2. The molecule has 0 radical (unpaired) electrons. The standard InChI is InChI=1S/C24H33N3O2/c1-16-12-17(2)23(18(3)13-16)26-22(29)15-27(7)14-21(28)25-20-10-8-19(9-11-20)24(4,5)6/h8-13H,14-15H2,1-7H3,(H,25,28)(H,26,29)/p+1. The molecule has 2 rings (SSSR count). The third kappa shape index (κ3) is 6.71. The first-order valence-corrected chi connectivity index (χ1v) is 10.0. The van der Waals surface area contributed by atoms with Gasteiger partial charge in [-0.05, 0) is 55.0 Å². The van der Waals surface area contributed by atoms with Crippen molar-refractivity contribution < 1.29 is 14.5 Å². The molecule has 0 fully saturated rings. The number of hydrogen-bond donors (Lipinski definition) is 3. The SMILES string of the molecule is Cc1cc(C)c(NC(=O)C[NH+](C)CC(=O)Nc2ccc(C(C)(C)C)cc2)c(C)c1. The van der Waals surface area contributed by atoms with Gasteiger partial charge in [0, 0.05) is 11.4 Å². The van der Waals surface area contributed by atoms with E-state index in [0.29, 0.717) is 0 Å². The van der Waals surface area contributed by atoms with Gasteiger partial charge < -0.3 is 15.5 Å². The van der Waals surface area contributed by atoms with Crippen molar-refractivity contribution in [2.75, 3.05) is 30.8 Å². The summed E-state index contributed by atoms with van der Waals surface area (Å²) in [4.78, 5) is 25.6. The van der Waals surface area contributed by atoms with E-state index in [0.717, 1.165) is 27.4 Å². The number of hydrogen-bond acceptors (Lipinski definition) is 2. The van der Waals surface area contributed by atoms with Crippen molar-refractivity contribution in [2.45, 2.75) is 47.0 Å². The lowest BCUT2D eigenvalue weighted by atomic mass is 9.87. The fourth-order valence-electron chi connectivity index (χ4n) is 3.43. The molecule has 0 bridgehead atoms. The van der Waals surface area contributed by atoms with E-state index in [1.54, 1.807) is 0 Å². The van der Waals surface area contributed by atoms with Crippen molar-refractivity contribution in [3.05, 3.63) is 58.7 Å². The number of nitrogens with one attached hydrogen (secondary N) is 3. The Morgan fingerprint density at radius 2 is 1.34 bits per heavy atom. The maximum atomic E-state index is 12.4. The predicted molar refractivity (Wildman–Crippen MR) is 120 cm³/mol. The average Bonchev–Trinajstić information content (AvgIpc) is 2.57.